The maximum atomic E-state index is 3.55. The van der Waals surface area contributed by atoms with E-state index in [1.165, 1.54) is 88.6 Å². The van der Waals surface area contributed by atoms with Crippen molar-refractivity contribution < 1.29 is 9.13 Å². The van der Waals surface area contributed by atoms with Crippen molar-refractivity contribution in [2.24, 2.45) is 0 Å². The van der Waals surface area contributed by atoms with Gasteiger partial charge >= 0.3 is 0 Å². The third-order valence-electron chi connectivity index (χ3n) is 7.34. The number of aryl methyl sites for hydroxylation is 2. The number of para-hydroxylation sites is 2. The molecule has 35 heavy (non-hydrogen) atoms. The van der Waals surface area contributed by atoms with Crippen LogP contribution in [0.3, 0.4) is 0 Å². The van der Waals surface area contributed by atoms with E-state index in [1.807, 2.05) is 0 Å². The van der Waals surface area contributed by atoms with Gasteiger partial charge in [-0.1, -0.05) is 55.7 Å². The summed E-state index contributed by atoms with van der Waals surface area (Å²) in [5.74, 6) is 0. The van der Waals surface area contributed by atoms with Gasteiger partial charge in [-0.3, -0.25) is 0 Å². The van der Waals surface area contributed by atoms with Gasteiger partial charge < -0.3 is 9.97 Å². The first-order chi connectivity index (χ1) is 17.3. The Bertz CT molecular complexity index is 1470. The van der Waals surface area contributed by atoms with Crippen molar-refractivity contribution in [3.63, 3.8) is 0 Å². The predicted octanol–water partition coefficient (Wildman–Crippen LogP) is 6.96. The quantitative estimate of drug-likeness (QED) is 0.163. The molecule has 6 aromatic rings. The summed E-state index contributed by atoms with van der Waals surface area (Å²) in [6.07, 6.45) is 18.1. The molecule has 4 nitrogen and oxygen atoms in total. The molecule has 6 rings (SSSR count). The second-order valence-corrected chi connectivity index (χ2v) is 9.84. The summed E-state index contributed by atoms with van der Waals surface area (Å²) < 4.78 is 4.66. The summed E-state index contributed by atoms with van der Waals surface area (Å²) in [6, 6.07) is 21.6. The van der Waals surface area contributed by atoms with Crippen LogP contribution in [-0.4, -0.2) is 9.97 Å². The van der Waals surface area contributed by atoms with Gasteiger partial charge in [-0.25, -0.2) is 9.13 Å². The van der Waals surface area contributed by atoms with Crippen LogP contribution in [0.2, 0.25) is 0 Å². The van der Waals surface area contributed by atoms with E-state index < -0.39 is 0 Å². The molecule has 0 radical (unpaired) electrons. The summed E-state index contributed by atoms with van der Waals surface area (Å²) in [4.78, 5) is 7.10. The molecule has 2 N–H and O–H groups in total. The lowest BCUT2D eigenvalue weighted by Gasteiger charge is -2.01. The topological polar surface area (TPSA) is 39.3 Å². The van der Waals surface area contributed by atoms with Crippen LogP contribution in [0.5, 0.6) is 0 Å². The van der Waals surface area contributed by atoms with Crippen molar-refractivity contribution in [1.82, 2.24) is 9.97 Å². The van der Waals surface area contributed by atoms with Crippen LogP contribution in [0.15, 0.2) is 85.5 Å². The number of pyridine rings is 2. The summed E-state index contributed by atoms with van der Waals surface area (Å²) in [7, 11) is 0. The van der Waals surface area contributed by atoms with Gasteiger partial charge in [-0.05, 0) is 25.0 Å². The van der Waals surface area contributed by atoms with Crippen LogP contribution in [0.25, 0.3) is 43.6 Å². The smallest absolute Gasteiger partial charge is 0.193 e. The van der Waals surface area contributed by atoms with E-state index in [9.17, 15) is 0 Å². The molecule has 176 valence electrons. The fourth-order valence-corrected chi connectivity index (χ4v) is 5.44. The van der Waals surface area contributed by atoms with Crippen molar-refractivity contribution >= 4 is 43.6 Å². The molecule has 4 aromatic heterocycles. The van der Waals surface area contributed by atoms with Gasteiger partial charge in [0, 0.05) is 57.6 Å². The zero-order valence-electron chi connectivity index (χ0n) is 20.3. The molecule has 0 atom stereocenters. The minimum atomic E-state index is 1.10. The van der Waals surface area contributed by atoms with Gasteiger partial charge in [0.1, 0.15) is 24.1 Å². The second-order valence-electron chi connectivity index (χ2n) is 9.84. The molecule has 4 heterocycles. The molecule has 0 spiro atoms. The Kier molecular flexibility index (Phi) is 6.18. The van der Waals surface area contributed by atoms with Gasteiger partial charge in [0.2, 0.25) is 0 Å². The van der Waals surface area contributed by atoms with Crippen molar-refractivity contribution in [2.75, 3.05) is 0 Å². The van der Waals surface area contributed by atoms with E-state index in [0.717, 1.165) is 13.1 Å². The Hall–Kier alpha value is -3.66. The summed E-state index contributed by atoms with van der Waals surface area (Å²) in [6.45, 7) is 2.19. The Labute approximate surface area is 206 Å². The third kappa shape index (κ3) is 4.66. The molecule has 0 fully saturated rings. The van der Waals surface area contributed by atoms with E-state index in [0.29, 0.717) is 0 Å². The average Bonchev–Trinajstić information content (AvgIpc) is 3.45. The molecular formula is C31H34N4+2. The first-order valence-electron chi connectivity index (χ1n) is 13.1. The largest absolute Gasteiger partial charge is 0.350 e. The fourth-order valence-electron chi connectivity index (χ4n) is 5.44. The molecule has 0 bridgehead atoms. The van der Waals surface area contributed by atoms with Crippen molar-refractivity contribution in [3.8, 4) is 0 Å². The normalized spacial score (nSPS) is 11.9. The molecule has 0 amide bonds. The van der Waals surface area contributed by atoms with E-state index in [1.54, 1.807) is 0 Å². The number of aromatic nitrogens is 4. The van der Waals surface area contributed by atoms with Gasteiger partial charge in [0.25, 0.3) is 0 Å². The Morgan fingerprint density at radius 2 is 0.829 bits per heavy atom. The highest BCUT2D eigenvalue weighted by molar-refractivity contribution is 6.07. The van der Waals surface area contributed by atoms with E-state index in [4.69, 9.17) is 0 Å². The number of rotatable bonds is 10. The lowest BCUT2D eigenvalue weighted by Crippen LogP contribution is -2.32. The van der Waals surface area contributed by atoms with E-state index >= 15 is 0 Å². The van der Waals surface area contributed by atoms with Crippen LogP contribution in [0.4, 0.5) is 0 Å². The standard InChI is InChI=1S/C31H32N4/c1(2-4-10-18-34-20-16-26-24-12-6-8-14-28(24)32-30(26)22-34)3-5-11-19-35-21-17-27-25-13-7-9-15-29(25)33-31(27)23-35/h6-9,12-17,20-23H,1-5,10-11,18-19H2/p+2. The first kappa shape index (κ1) is 21.8. The number of H-pyrrole nitrogens is 2. The monoisotopic (exact) mass is 462 g/mol. The Morgan fingerprint density at radius 1 is 0.429 bits per heavy atom. The molecule has 0 aliphatic rings. The van der Waals surface area contributed by atoms with Crippen LogP contribution in [-0.2, 0) is 13.1 Å². The molecular weight excluding hydrogens is 428 g/mol. The minimum Gasteiger partial charge on any atom is -0.350 e. The van der Waals surface area contributed by atoms with E-state index in [-0.39, 0.29) is 0 Å². The number of aromatic amines is 2. The SMILES string of the molecule is c1ccc2c(c1)[nH]c1c[n+](CCCCCCCCC[n+]3ccc4c(c3)[nH]c3ccccc34)ccc12. The molecule has 0 aliphatic heterocycles. The number of benzene rings is 2. The zero-order chi connectivity index (χ0) is 23.5. The number of hydrogen-bond acceptors (Lipinski definition) is 0. The Balaban J connectivity index is 0.902. The van der Waals surface area contributed by atoms with Gasteiger partial charge in [-0.15, -0.1) is 0 Å². The average molecular weight is 463 g/mol. The van der Waals surface area contributed by atoms with Crippen molar-refractivity contribution in [2.45, 2.75) is 58.0 Å². The van der Waals surface area contributed by atoms with Crippen LogP contribution >= 0.6 is 0 Å². The maximum Gasteiger partial charge on any atom is 0.193 e. The first-order valence-corrected chi connectivity index (χ1v) is 13.1. The van der Waals surface area contributed by atoms with Crippen LogP contribution in [0, 0.1) is 0 Å². The van der Waals surface area contributed by atoms with Gasteiger partial charge in [-0.2, -0.15) is 0 Å². The van der Waals surface area contributed by atoms with Crippen molar-refractivity contribution in [3.05, 3.63) is 85.5 Å². The fraction of sp³-hybridized carbons (Fsp3) is 0.290. The minimum absolute atomic E-state index is 1.10. The summed E-state index contributed by atoms with van der Waals surface area (Å²) >= 11 is 0. The summed E-state index contributed by atoms with van der Waals surface area (Å²) in [5, 5.41) is 5.26. The van der Waals surface area contributed by atoms with Gasteiger partial charge in [0.15, 0.2) is 24.8 Å². The molecule has 0 saturated heterocycles. The van der Waals surface area contributed by atoms with Gasteiger partial charge in [0.05, 0.1) is 0 Å². The summed E-state index contributed by atoms with van der Waals surface area (Å²) in [5.41, 5.74) is 4.90. The number of nitrogens with zero attached hydrogens (tertiary/aromatic N) is 2. The highest BCUT2D eigenvalue weighted by atomic mass is 14.9. The number of unbranched alkanes of at least 4 members (excludes halogenated alkanes) is 6. The lowest BCUT2D eigenvalue weighted by atomic mass is 10.1. The Morgan fingerprint density at radius 3 is 1.31 bits per heavy atom. The molecule has 0 aliphatic carbocycles. The second kappa shape index (κ2) is 9.91. The molecule has 2 aromatic carbocycles. The van der Waals surface area contributed by atoms with Crippen LogP contribution in [0.1, 0.15) is 44.9 Å². The molecule has 0 unspecified atom stereocenters. The van der Waals surface area contributed by atoms with Crippen molar-refractivity contribution in [1.29, 1.82) is 0 Å². The predicted molar refractivity (Wildman–Crippen MR) is 144 cm³/mol. The third-order valence-corrected chi connectivity index (χ3v) is 7.34. The maximum absolute atomic E-state index is 3.55. The number of hydrogen-bond donors (Lipinski definition) is 2. The molecule has 0 saturated carbocycles. The van der Waals surface area contributed by atoms with Crippen LogP contribution < -0.4 is 9.13 Å². The highest BCUT2D eigenvalue weighted by Crippen LogP contribution is 2.24. The number of fused-ring (bicyclic) bond motifs is 6. The highest BCUT2D eigenvalue weighted by Gasteiger charge is 2.10. The molecule has 4 heteroatoms. The lowest BCUT2D eigenvalue weighted by molar-refractivity contribution is -0.696. The number of nitrogens with one attached hydrogen (secondary N) is 2. The zero-order valence-corrected chi connectivity index (χ0v) is 20.3. The van der Waals surface area contributed by atoms with E-state index in [2.05, 4.69) is 105 Å².